The molecule has 0 amide bonds. The van der Waals surface area contributed by atoms with Gasteiger partial charge in [0.05, 0.1) is 0 Å². The Balaban J connectivity index is 3.93. The Labute approximate surface area is 67.8 Å². The monoisotopic (exact) mass is 189 g/mol. The molecule has 73 valence electrons. The van der Waals surface area contributed by atoms with E-state index in [2.05, 4.69) is 6.92 Å². The number of alkyl halides is 5. The zero-order valence-corrected chi connectivity index (χ0v) is 6.37. The van der Waals surface area contributed by atoms with Gasteiger partial charge in [-0.15, -0.1) is 0 Å². The van der Waals surface area contributed by atoms with Crippen LogP contribution in [0.25, 0.3) is 0 Å². The first-order valence-corrected chi connectivity index (χ1v) is 3.45. The molecule has 0 spiro atoms. The zero-order valence-electron chi connectivity index (χ0n) is 6.37. The summed E-state index contributed by atoms with van der Waals surface area (Å²) in [6, 6.07) is 0. The Hall–Kier alpha value is -0.350. The first kappa shape index (κ1) is 11.6. The van der Waals surface area contributed by atoms with E-state index in [1.165, 1.54) is 0 Å². The average Bonchev–Trinajstić information content (AvgIpc) is 2.04. The van der Waals surface area contributed by atoms with Crippen LogP contribution >= 0.6 is 0 Å². The van der Waals surface area contributed by atoms with Gasteiger partial charge < -0.3 is 0 Å². The van der Waals surface area contributed by atoms with Gasteiger partial charge in [0.1, 0.15) is 12.8 Å². The summed E-state index contributed by atoms with van der Waals surface area (Å²) < 4.78 is 60.6. The molecule has 0 rings (SSSR count). The Kier molecular flexibility index (Phi) is 4.49. The number of halogens is 5. The normalized spacial score (nSPS) is 17.5. The van der Waals surface area contributed by atoms with E-state index in [0.717, 1.165) is 0 Å². The number of hydrogen-bond donors (Lipinski definition) is 0. The molecule has 12 heavy (non-hydrogen) atoms. The van der Waals surface area contributed by atoms with E-state index in [9.17, 15) is 22.0 Å². The summed E-state index contributed by atoms with van der Waals surface area (Å²) in [5.41, 5.74) is 0. The summed E-state index contributed by atoms with van der Waals surface area (Å²) in [6.07, 6.45) is -6.87. The fourth-order valence-electron chi connectivity index (χ4n) is 0.617. The molecule has 0 aliphatic rings. The topological polar surface area (TPSA) is 0 Å². The van der Waals surface area contributed by atoms with E-state index in [4.69, 9.17) is 0 Å². The van der Waals surface area contributed by atoms with Crippen LogP contribution in [0.2, 0.25) is 0 Å². The SMILES string of the molecule is [CH2]CC(F)(F)[C@@H](F)CC(F)CF. The average molecular weight is 189 g/mol. The van der Waals surface area contributed by atoms with Crippen LogP contribution in [0.4, 0.5) is 22.0 Å². The molecule has 0 nitrogen and oxygen atoms in total. The summed E-state index contributed by atoms with van der Waals surface area (Å²) in [6.45, 7) is 1.37. The quantitative estimate of drug-likeness (QED) is 0.583. The predicted octanol–water partition coefficient (Wildman–Crippen LogP) is 2.88. The molecule has 5 heteroatoms. The first-order valence-electron chi connectivity index (χ1n) is 3.45. The van der Waals surface area contributed by atoms with Crippen molar-refractivity contribution >= 4 is 0 Å². The summed E-state index contributed by atoms with van der Waals surface area (Å²) >= 11 is 0. The van der Waals surface area contributed by atoms with Gasteiger partial charge in [0.15, 0.2) is 6.17 Å². The van der Waals surface area contributed by atoms with E-state index >= 15 is 0 Å². The van der Waals surface area contributed by atoms with Crippen LogP contribution in [0, 0.1) is 6.92 Å². The highest BCUT2D eigenvalue weighted by Gasteiger charge is 2.39. The number of rotatable bonds is 5. The largest absolute Gasteiger partial charge is 0.278 e. The van der Waals surface area contributed by atoms with Gasteiger partial charge >= 0.3 is 0 Å². The maximum Gasteiger partial charge on any atom is 0.278 e. The lowest BCUT2D eigenvalue weighted by molar-refractivity contribution is -0.0798. The Bertz CT molecular complexity index is 125. The minimum absolute atomic E-state index is 0.951. The van der Waals surface area contributed by atoms with Gasteiger partial charge in [-0.25, -0.2) is 22.0 Å². The molecule has 0 fully saturated rings. The Morgan fingerprint density at radius 1 is 1.25 bits per heavy atom. The molecule has 2 atom stereocenters. The molecule has 0 aliphatic carbocycles. The number of hydrogen-bond acceptors (Lipinski definition) is 0. The van der Waals surface area contributed by atoms with Crippen molar-refractivity contribution in [2.24, 2.45) is 0 Å². The van der Waals surface area contributed by atoms with E-state index in [-0.39, 0.29) is 0 Å². The Morgan fingerprint density at radius 2 is 1.75 bits per heavy atom. The highest BCUT2D eigenvalue weighted by atomic mass is 19.3. The molecule has 0 aromatic heterocycles. The van der Waals surface area contributed by atoms with Crippen LogP contribution in [0.5, 0.6) is 0 Å². The molecular weight excluding hydrogens is 179 g/mol. The lowest BCUT2D eigenvalue weighted by Gasteiger charge is -2.19. The summed E-state index contributed by atoms with van der Waals surface area (Å²) in [5.74, 6) is -3.65. The van der Waals surface area contributed by atoms with Gasteiger partial charge in [-0.2, -0.15) is 0 Å². The van der Waals surface area contributed by atoms with E-state index in [1.807, 2.05) is 0 Å². The van der Waals surface area contributed by atoms with E-state index in [0.29, 0.717) is 0 Å². The second-order valence-corrected chi connectivity index (χ2v) is 2.47. The molecule has 0 N–H and O–H groups in total. The third-order valence-corrected chi connectivity index (χ3v) is 1.42. The molecular formula is C7H10F5. The highest BCUT2D eigenvalue weighted by molar-refractivity contribution is 4.79. The second-order valence-electron chi connectivity index (χ2n) is 2.47. The van der Waals surface area contributed by atoms with Crippen molar-refractivity contribution in [3.05, 3.63) is 6.92 Å². The van der Waals surface area contributed by atoms with Crippen LogP contribution in [0.1, 0.15) is 12.8 Å². The molecule has 0 heterocycles. The van der Waals surface area contributed by atoms with Gasteiger partial charge in [-0.1, -0.05) is 0 Å². The summed E-state index contributed by atoms with van der Waals surface area (Å²) in [4.78, 5) is 0. The lowest BCUT2D eigenvalue weighted by Crippen LogP contribution is -2.31. The molecule has 0 saturated heterocycles. The highest BCUT2D eigenvalue weighted by Crippen LogP contribution is 2.28. The fourth-order valence-corrected chi connectivity index (χ4v) is 0.617. The van der Waals surface area contributed by atoms with E-state index < -0.39 is 37.8 Å². The van der Waals surface area contributed by atoms with Crippen molar-refractivity contribution in [3.63, 3.8) is 0 Å². The lowest BCUT2D eigenvalue weighted by atomic mass is 10.1. The molecule has 0 aliphatic heterocycles. The minimum Gasteiger partial charge on any atom is -0.248 e. The third-order valence-electron chi connectivity index (χ3n) is 1.42. The van der Waals surface area contributed by atoms with Gasteiger partial charge in [-0.05, 0) is 6.92 Å². The van der Waals surface area contributed by atoms with Gasteiger partial charge in [0.2, 0.25) is 0 Å². The van der Waals surface area contributed by atoms with Crippen LogP contribution in [0.3, 0.4) is 0 Å². The van der Waals surface area contributed by atoms with Crippen molar-refractivity contribution < 1.29 is 22.0 Å². The Morgan fingerprint density at radius 3 is 2.08 bits per heavy atom. The smallest absolute Gasteiger partial charge is 0.248 e. The van der Waals surface area contributed by atoms with Crippen molar-refractivity contribution in [1.82, 2.24) is 0 Å². The maximum absolute atomic E-state index is 12.4. The van der Waals surface area contributed by atoms with Crippen molar-refractivity contribution in [1.29, 1.82) is 0 Å². The van der Waals surface area contributed by atoms with Gasteiger partial charge in [0, 0.05) is 12.8 Å². The van der Waals surface area contributed by atoms with Crippen LogP contribution < -0.4 is 0 Å². The zero-order chi connectivity index (χ0) is 9.78. The molecule has 0 aromatic carbocycles. The van der Waals surface area contributed by atoms with E-state index in [1.54, 1.807) is 0 Å². The molecule has 0 saturated carbocycles. The molecule has 1 unspecified atom stereocenters. The fraction of sp³-hybridized carbons (Fsp3) is 0.857. The first-order chi connectivity index (χ1) is 5.44. The third kappa shape index (κ3) is 3.36. The van der Waals surface area contributed by atoms with Crippen LogP contribution in [-0.4, -0.2) is 24.9 Å². The van der Waals surface area contributed by atoms with Crippen molar-refractivity contribution in [2.75, 3.05) is 6.67 Å². The molecule has 0 aromatic rings. The predicted molar refractivity (Wildman–Crippen MR) is 35.3 cm³/mol. The van der Waals surface area contributed by atoms with Crippen LogP contribution in [0.15, 0.2) is 0 Å². The second kappa shape index (κ2) is 4.62. The van der Waals surface area contributed by atoms with Gasteiger partial charge in [-0.3, -0.25) is 0 Å². The standard InChI is InChI=1S/C7H10F5/c1-2-7(11,12)6(10)3-5(9)4-8/h5-6H,1-4H2/t5?,6-/m0/s1. The van der Waals surface area contributed by atoms with Crippen molar-refractivity contribution in [3.8, 4) is 0 Å². The summed E-state index contributed by atoms with van der Waals surface area (Å²) in [7, 11) is 0. The summed E-state index contributed by atoms with van der Waals surface area (Å²) in [5, 5.41) is 0. The van der Waals surface area contributed by atoms with Gasteiger partial charge in [0.25, 0.3) is 5.92 Å². The van der Waals surface area contributed by atoms with Crippen LogP contribution in [-0.2, 0) is 0 Å². The molecule has 0 bridgehead atoms. The maximum atomic E-state index is 12.4. The van der Waals surface area contributed by atoms with Crippen molar-refractivity contribution in [2.45, 2.75) is 31.1 Å². The molecule has 1 radical (unpaired) electrons. The minimum atomic E-state index is -3.65.